The van der Waals surface area contributed by atoms with Gasteiger partial charge >= 0.3 is 0 Å². The summed E-state index contributed by atoms with van der Waals surface area (Å²) in [6.45, 7) is 8.26. The molecule has 0 amide bonds. The van der Waals surface area contributed by atoms with Crippen LogP contribution < -0.4 is 16.1 Å². The van der Waals surface area contributed by atoms with Crippen molar-refractivity contribution in [2.45, 2.75) is 13.3 Å². The molecule has 0 aliphatic carbocycles. The van der Waals surface area contributed by atoms with E-state index in [4.69, 9.17) is 12.2 Å². The molecule has 0 saturated carbocycles. The van der Waals surface area contributed by atoms with E-state index in [1.54, 1.807) is 0 Å². The number of thiocarbonyl (C=S) groups is 1. The van der Waals surface area contributed by atoms with E-state index < -0.39 is 0 Å². The van der Waals surface area contributed by atoms with Crippen molar-refractivity contribution in [3.63, 3.8) is 0 Å². The van der Waals surface area contributed by atoms with E-state index in [-0.39, 0.29) is 0 Å². The summed E-state index contributed by atoms with van der Waals surface area (Å²) < 4.78 is 1.05. The predicted octanol–water partition coefficient (Wildman–Crippen LogP) is 1.93. The number of nitrogens with zero attached hydrogens (tertiary/aromatic N) is 2. The number of halogens is 1. The van der Waals surface area contributed by atoms with Crippen LogP contribution in [0.3, 0.4) is 0 Å². The molecule has 1 aromatic carbocycles. The zero-order valence-corrected chi connectivity index (χ0v) is 15.8. The van der Waals surface area contributed by atoms with Gasteiger partial charge in [0.1, 0.15) is 0 Å². The highest BCUT2D eigenvalue weighted by Gasteiger charge is 2.08. The van der Waals surface area contributed by atoms with Gasteiger partial charge in [-0.05, 0) is 36.3 Å². The molecule has 0 spiro atoms. The maximum Gasteiger partial charge on any atom is 0.187 e. The molecular formula is C16H24BrN5S. The number of hydrazone groups is 1. The van der Waals surface area contributed by atoms with Crippen LogP contribution in [-0.4, -0.2) is 55.0 Å². The van der Waals surface area contributed by atoms with Crippen molar-refractivity contribution >= 4 is 39.0 Å². The van der Waals surface area contributed by atoms with E-state index in [0.29, 0.717) is 5.11 Å². The Balaban J connectivity index is 1.77. The third-order valence-electron chi connectivity index (χ3n) is 3.71. The Morgan fingerprint density at radius 3 is 2.87 bits per heavy atom. The number of hydrogen-bond acceptors (Lipinski definition) is 4. The van der Waals surface area contributed by atoms with E-state index >= 15 is 0 Å². The third-order valence-corrected chi connectivity index (χ3v) is 4.44. The van der Waals surface area contributed by atoms with Crippen LogP contribution in [0.25, 0.3) is 0 Å². The minimum absolute atomic E-state index is 0.570. The highest BCUT2D eigenvalue weighted by molar-refractivity contribution is 9.10. The number of benzene rings is 1. The molecule has 0 aromatic heterocycles. The highest BCUT2D eigenvalue weighted by atomic mass is 79.9. The molecule has 0 radical (unpaired) electrons. The van der Waals surface area contributed by atoms with Crippen LogP contribution >= 0.6 is 28.1 Å². The second-order valence-electron chi connectivity index (χ2n) is 5.38. The Labute approximate surface area is 152 Å². The molecule has 0 unspecified atom stereocenters. The van der Waals surface area contributed by atoms with Crippen molar-refractivity contribution < 1.29 is 0 Å². The molecule has 1 aromatic rings. The predicted molar refractivity (Wildman–Crippen MR) is 104 cm³/mol. The van der Waals surface area contributed by atoms with Gasteiger partial charge in [0.15, 0.2) is 5.11 Å². The molecule has 5 nitrogen and oxygen atoms in total. The summed E-state index contributed by atoms with van der Waals surface area (Å²) in [5, 5.41) is 11.6. The summed E-state index contributed by atoms with van der Waals surface area (Å²) in [5.41, 5.74) is 5.03. The molecule has 23 heavy (non-hydrogen) atoms. The Morgan fingerprint density at radius 1 is 1.39 bits per heavy atom. The molecule has 0 atom stereocenters. The molecule has 3 N–H and O–H groups in total. The van der Waals surface area contributed by atoms with Gasteiger partial charge in [-0.2, -0.15) is 5.10 Å². The van der Waals surface area contributed by atoms with Gasteiger partial charge in [-0.3, -0.25) is 10.3 Å². The smallest absolute Gasteiger partial charge is 0.187 e. The van der Waals surface area contributed by atoms with E-state index in [2.05, 4.69) is 61.0 Å². The second kappa shape index (κ2) is 9.97. The lowest BCUT2D eigenvalue weighted by Crippen LogP contribution is -2.46. The van der Waals surface area contributed by atoms with Crippen molar-refractivity contribution in [3.05, 3.63) is 34.3 Å². The first-order valence-electron chi connectivity index (χ1n) is 7.98. The quantitative estimate of drug-likeness (QED) is 0.389. The van der Waals surface area contributed by atoms with Crippen molar-refractivity contribution in [3.8, 4) is 0 Å². The van der Waals surface area contributed by atoms with Gasteiger partial charge in [0.25, 0.3) is 0 Å². The second-order valence-corrected chi connectivity index (χ2v) is 6.71. The zero-order chi connectivity index (χ0) is 16.5. The topological polar surface area (TPSA) is 51.7 Å². The van der Waals surface area contributed by atoms with Crippen LogP contribution in [0.15, 0.2) is 33.8 Å². The van der Waals surface area contributed by atoms with Crippen LogP contribution in [0.1, 0.15) is 18.9 Å². The molecule has 0 bridgehead atoms. The molecule has 1 aliphatic heterocycles. The lowest BCUT2D eigenvalue weighted by Gasteiger charge is -2.27. The number of rotatable bonds is 6. The fraction of sp³-hybridized carbons (Fsp3) is 0.500. The lowest BCUT2D eigenvalue weighted by molar-refractivity contribution is 0.244. The normalized spacial score (nSPS) is 16.2. The van der Waals surface area contributed by atoms with Crippen LogP contribution in [0.2, 0.25) is 0 Å². The molecule has 1 aliphatic rings. The third kappa shape index (κ3) is 6.55. The van der Waals surface area contributed by atoms with Gasteiger partial charge in [0, 0.05) is 43.7 Å². The van der Waals surface area contributed by atoms with Crippen molar-refractivity contribution in [2.24, 2.45) is 5.10 Å². The molecule has 126 valence electrons. The first kappa shape index (κ1) is 18.3. The average molecular weight is 398 g/mol. The van der Waals surface area contributed by atoms with Gasteiger partial charge in [0.2, 0.25) is 0 Å². The van der Waals surface area contributed by atoms with Crippen molar-refractivity contribution in [1.29, 1.82) is 0 Å². The molecule has 1 heterocycles. The minimum Gasteiger partial charge on any atom is -0.360 e. The van der Waals surface area contributed by atoms with Crippen LogP contribution in [0, 0.1) is 0 Å². The van der Waals surface area contributed by atoms with Crippen LogP contribution in [-0.2, 0) is 0 Å². The largest absolute Gasteiger partial charge is 0.360 e. The number of piperazine rings is 1. The van der Waals surface area contributed by atoms with Crippen molar-refractivity contribution in [2.75, 3.05) is 39.3 Å². The van der Waals surface area contributed by atoms with Crippen LogP contribution in [0.5, 0.6) is 0 Å². The maximum atomic E-state index is 5.29. The van der Waals surface area contributed by atoms with Crippen LogP contribution in [0.4, 0.5) is 0 Å². The lowest BCUT2D eigenvalue weighted by atomic mass is 10.1. The van der Waals surface area contributed by atoms with Gasteiger partial charge in [-0.25, -0.2) is 0 Å². The molecule has 2 rings (SSSR count). The number of hydrogen-bond donors (Lipinski definition) is 3. The number of nitrogens with one attached hydrogen (secondary N) is 3. The molecule has 1 fully saturated rings. The molecule has 1 saturated heterocycles. The summed E-state index contributed by atoms with van der Waals surface area (Å²) >= 11 is 8.78. The highest BCUT2D eigenvalue weighted by Crippen LogP contribution is 2.13. The molecule has 7 heteroatoms. The van der Waals surface area contributed by atoms with Crippen molar-refractivity contribution in [1.82, 2.24) is 21.0 Å². The summed E-state index contributed by atoms with van der Waals surface area (Å²) in [5.74, 6) is 0. The Bertz CT molecular complexity index is 543. The fourth-order valence-electron chi connectivity index (χ4n) is 2.44. The van der Waals surface area contributed by atoms with E-state index in [9.17, 15) is 0 Å². The van der Waals surface area contributed by atoms with Gasteiger partial charge in [-0.1, -0.05) is 35.0 Å². The SMILES string of the molecule is CC/C(=N\NC(=S)NCCN1CCNCC1)c1cccc(Br)c1. The van der Waals surface area contributed by atoms with E-state index in [1.165, 1.54) is 0 Å². The van der Waals surface area contributed by atoms with Gasteiger partial charge < -0.3 is 10.6 Å². The average Bonchev–Trinajstić information content (AvgIpc) is 2.56. The van der Waals surface area contributed by atoms with E-state index in [1.807, 2.05) is 12.1 Å². The summed E-state index contributed by atoms with van der Waals surface area (Å²) in [6.07, 6.45) is 0.840. The standard InChI is InChI=1S/C16H24BrN5S/c1-2-15(13-4-3-5-14(17)12-13)20-21-16(23)19-8-11-22-9-6-18-7-10-22/h3-5,12,18H,2,6-11H2,1H3,(H2,19,21,23)/b20-15+. The summed E-state index contributed by atoms with van der Waals surface area (Å²) in [4.78, 5) is 2.42. The van der Waals surface area contributed by atoms with E-state index in [0.717, 1.165) is 61.4 Å². The Morgan fingerprint density at radius 2 is 2.17 bits per heavy atom. The first-order chi connectivity index (χ1) is 11.2. The zero-order valence-electron chi connectivity index (χ0n) is 13.4. The molecular weight excluding hydrogens is 374 g/mol. The minimum atomic E-state index is 0.570. The first-order valence-corrected chi connectivity index (χ1v) is 9.18. The Hall–Kier alpha value is -1.02. The summed E-state index contributed by atoms with van der Waals surface area (Å²) in [6, 6.07) is 8.13. The fourth-order valence-corrected chi connectivity index (χ4v) is 2.98. The van der Waals surface area contributed by atoms with Gasteiger partial charge in [-0.15, -0.1) is 0 Å². The monoisotopic (exact) mass is 397 g/mol. The van der Waals surface area contributed by atoms with Gasteiger partial charge in [0.05, 0.1) is 5.71 Å². The Kier molecular flexibility index (Phi) is 7.94. The summed E-state index contributed by atoms with van der Waals surface area (Å²) in [7, 11) is 0. The maximum absolute atomic E-state index is 5.29.